The maximum atomic E-state index is 12.8. The molecule has 7 N–H and O–H groups in total. The zero-order valence-corrected chi connectivity index (χ0v) is 16.7. The average Bonchev–Trinajstić information content (AvgIpc) is 3.34. The van der Waals surface area contributed by atoms with E-state index < -0.39 is 24.0 Å². The van der Waals surface area contributed by atoms with Crippen LogP contribution in [-0.4, -0.2) is 48.8 Å². The molecule has 5 rings (SSSR count). The topological polar surface area (TPSA) is 189 Å². The number of hydrogen-bond donors (Lipinski definition) is 5. The molecule has 0 amide bonds. The Morgan fingerprint density at radius 2 is 2.09 bits per heavy atom. The number of aliphatic hydroxyl groups is 2. The van der Waals surface area contributed by atoms with Crippen molar-refractivity contribution in [1.29, 1.82) is 5.26 Å². The van der Waals surface area contributed by atoms with Crippen LogP contribution < -0.4 is 17.0 Å². The van der Waals surface area contributed by atoms with Gasteiger partial charge in [-0.25, -0.2) is 4.68 Å². The van der Waals surface area contributed by atoms with E-state index in [1.54, 1.807) is 30.3 Å². The number of nitrogen functional groups attached to an aromatic ring is 2. The van der Waals surface area contributed by atoms with Crippen LogP contribution in [0.15, 0.2) is 35.1 Å². The summed E-state index contributed by atoms with van der Waals surface area (Å²) >= 11 is 0. The fourth-order valence-electron chi connectivity index (χ4n) is 4.17. The molecule has 11 nitrogen and oxygen atoms in total. The zero-order valence-electron chi connectivity index (χ0n) is 16.7. The highest BCUT2D eigenvalue weighted by atomic mass is 16.5. The molecule has 4 aromatic rings. The van der Waals surface area contributed by atoms with Crippen molar-refractivity contribution >= 4 is 33.4 Å². The van der Waals surface area contributed by atoms with E-state index in [2.05, 4.69) is 21.1 Å². The van der Waals surface area contributed by atoms with Crippen molar-refractivity contribution in [3.05, 3.63) is 46.2 Å². The number of anilines is 2. The van der Waals surface area contributed by atoms with Gasteiger partial charge < -0.3 is 26.4 Å². The van der Waals surface area contributed by atoms with Crippen molar-refractivity contribution in [2.24, 2.45) is 0 Å². The smallest absolute Gasteiger partial charge is 0.264 e. The summed E-state index contributed by atoms with van der Waals surface area (Å²) in [5.74, 6) is -0.0994. The van der Waals surface area contributed by atoms with Crippen molar-refractivity contribution in [2.45, 2.75) is 24.9 Å². The number of aromatic amines is 1. The Hall–Kier alpha value is -3.98. The van der Waals surface area contributed by atoms with Crippen molar-refractivity contribution in [1.82, 2.24) is 19.7 Å². The zero-order chi connectivity index (χ0) is 22.6. The van der Waals surface area contributed by atoms with E-state index in [0.29, 0.717) is 27.6 Å². The molecule has 0 bridgehead atoms. The highest BCUT2D eigenvalue weighted by Crippen LogP contribution is 2.38. The second-order valence-corrected chi connectivity index (χ2v) is 7.60. The fraction of sp³-hybridized carbons (Fsp3) is 0.238. The third-order valence-corrected chi connectivity index (χ3v) is 5.72. The van der Waals surface area contributed by atoms with Gasteiger partial charge in [-0.1, -0.05) is 18.2 Å². The van der Waals surface area contributed by atoms with E-state index in [1.165, 1.54) is 4.68 Å². The van der Waals surface area contributed by atoms with Gasteiger partial charge in [-0.15, -0.1) is 0 Å². The van der Waals surface area contributed by atoms with Crippen molar-refractivity contribution < 1.29 is 14.9 Å². The summed E-state index contributed by atoms with van der Waals surface area (Å²) in [4.78, 5) is 19.6. The minimum Gasteiger partial charge on any atom is -0.398 e. The van der Waals surface area contributed by atoms with Gasteiger partial charge >= 0.3 is 0 Å². The van der Waals surface area contributed by atoms with E-state index in [0.717, 1.165) is 0 Å². The number of aliphatic hydroxyl groups excluding tert-OH is 2. The third-order valence-electron chi connectivity index (χ3n) is 5.72. The molecular weight excluding hydrogens is 414 g/mol. The first-order chi connectivity index (χ1) is 15.4. The number of nitrogens with one attached hydrogen (secondary N) is 1. The summed E-state index contributed by atoms with van der Waals surface area (Å²) in [5.41, 5.74) is 13.5. The quantitative estimate of drug-likeness (QED) is 0.288. The number of H-pyrrole nitrogens is 1. The number of nitrogens with two attached hydrogens (primary N) is 2. The molecule has 2 aromatic heterocycles. The Bertz CT molecular complexity index is 1470. The molecule has 11 heteroatoms. The van der Waals surface area contributed by atoms with Crippen LogP contribution in [0.2, 0.25) is 0 Å². The van der Waals surface area contributed by atoms with Gasteiger partial charge in [0.1, 0.15) is 17.2 Å². The van der Waals surface area contributed by atoms with E-state index in [-0.39, 0.29) is 35.7 Å². The summed E-state index contributed by atoms with van der Waals surface area (Å²) in [5, 5.41) is 35.0. The second kappa shape index (κ2) is 7.31. The average molecular weight is 433 g/mol. The van der Waals surface area contributed by atoms with Gasteiger partial charge in [0.25, 0.3) is 5.56 Å². The number of aromatic nitrogens is 4. The Kier molecular flexibility index (Phi) is 4.56. The van der Waals surface area contributed by atoms with Crippen LogP contribution in [0.25, 0.3) is 33.1 Å². The molecule has 3 atom stereocenters. The molecule has 0 unspecified atom stereocenters. The lowest BCUT2D eigenvalue weighted by atomic mass is 9.98. The molecule has 0 saturated carbocycles. The first-order valence-electron chi connectivity index (χ1n) is 9.87. The molecule has 0 radical (unpaired) electrons. The van der Waals surface area contributed by atoms with Crippen LogP contribution in [0.3, 0.4) is 0 Å². The number of nitrogens with zero attached hydrogens (tertiary/aromatic N) is 4. The number of benzene rings is 2. The molecule has 162 valence electrons. The van der Waals surface area contributed by atoms with E-state index in [4.69, 9.17) is 16.2 Å². The van der Waals surface area contributed by atoms with Gasteiger partial charge in [0, 0.05) is 28.4 Å². The van der Waals surface area contributed by atoms with Crippen molar-refractivity contribution in [2.75, 3.05) is 18.1 Å². The van der Waals surface area contributed by atoms with E-state index in [1.807, 2.05) is 0 Å². The van der Waals surface area contributed by atoms with Crippen LogP contribution in [0.4, 0.5) is 11.6 Å². The Morgan fingerprint density at radius 1 is 1.28 bits per heavy atom. The molecular formula is C21H19N7O4. The highest BCUT2D eigenvalue weighted by Gasteiger charge is 2.37. The van der Waals surface area contributed by atoms with Gasteiger partial charge in [-0.2, -0.15) is 15.3 Å². The maximum Gasteiger partial charge on any atom is 0.264 e. The second-order valence-electron chi connectivity index (χ2n) is 7.60. The third kappa shape index (κ3) is 2.89. The SMILES string of the molecule is N#Cc1cccc2c(N)c(-c3nn([C@H]4C[C@H](O)[C@@H](CO)O4)c4nc(N)[nH]c(=O)c34)ccc12. The van der Waals surface area contributed by atoms with Crippen LogP contribution >= 0.6 is 0 Å². The summed E-state index contributed by atoms with van der Waals surface area (Å²) in [6, 6.07) is 10.8. The van der Waals surface area contributed by atoms with Crippen LogP contribution in [0.1, 0.15) is 18.2 Å². The molecule has 0 aliphatic carbocycles. The number of ether oxygens (including phenoxy) is 1. The van der Waals surface area contributed by atoms with Gasteiger partial charge in [0.05, 0.1) is 24.3 Å². The van der Waals surface area contributed by atoms with Crippen molar-refractivity contribution in [3.63, 3.8) is 0 Å². The van der Waals surface area contributed by atoms with Gasteiger partial charge in [-0.3, -0.25) is 9.78 Å². The Balaban J connectivity index is 1.77. The van der Waals surface area contributed by atoms with Crippen molar-refractivity contribution in [3.8, 4) is 17.3 Å². The van der Waals surface area contributed by atoms with E-state index in [9.17, 15) is 20.3 Å². The summed E-state index contributed by atoms with van der Waals surface area (Å²) in [6.07, 6.45) is -2.30. The standard InChI is InChI=1S/C21H19N7O4/c22-7-9-2-1-3-11-10(9)4-5-12(17(11)23)18-16-19(25-21(24)26-20(16)31)28(27-18)15-6-13(30)14(8-29)32-15/h1-5,13-15,29-30H,6,8,23H2,(H3,24,25,26,31)/t13-,14+,15+/m0/s1. The lowest BCUT2D eigenvalue weighted by Crippen LogP contribution is -2.24. The maximum absolute atomic E-state index is 12.8. The number of fused-ring (bicyclic) bond motifs is 2. The van der Waals surface area contributed by atoms with Gasteiger partial charge in [0.15, 0.2) is 11.9 Å². The first kappa shape index (κ1) is 20.0. The molecule has 2 aromatic carbocycles. The van der Waals surface area contributed by atoms with Crippen LogP contribution in [0, 0.1) is 11.3 Å². The summed E-state index contributed by atoms with van der Waals surface area (Å²) in [7, 11) is 0. The number of nitriles is 1. The van der Waals surface area contributed by atoms with E-state index >= 15 is 0 Å². The predicted octanol–water partition coefficient (Wildman–Crippen LogP) is 0.617. The predicted molar refractivity (Wildman–Crippen MR) is 116 cm³/mol. The molecule has 1 fully saturated rings. The molecule has 3 heterocycles. The van der Waals surface area contributed by atoms with Gasteiger partial charge in [0.2, 0.25) is 5.95 Å². The number of rotatable bonds is 3. The van der Waals surface area contributed by atoms with Crippen LogP contribution in [-0.2, 0) is 4.74 Å². The Morgan fingerprint density at radius 3 is 2.81 bits per heavy atom. The summed E-state index contributed by atoms with van der Waals surface area (Å²) in [6.45, 7) is -0.362. The largest absolute Gasteiger partial charge is 0.398 e. The monoisotopic (exact) mass is 433 g/mol. The number of hydrogen-bond acceptors (Lipinski definition) is 9. The van der Waals surface area contributed by atoms with Gasteiger partial charge in [-0.05, 0) is 12.1 Å². The minimum absolute atomic E-state index is 0.0994. The molecule has 0 spiro atoms. The minimum atomic E-state index is -0.901. The normalized spacial score (nSPS) is 20.7. The first-order valence-corrected chi connectivity index (χ1v) is 9.87. The molecule has 1 saturated heterocycles. The van der Waals surface area contributed by atoms with Crippen LogP contribution in [0.5, 0.6) is 0 Å². The fourth-order valence-corrected chi connectivity index (χ4v) is 4.17. The summed E-state index contributed by atoms with van der Waals surface area (Å²) < 4.78 is 7.10. The lowest BCUT2D eigenvalue weighted by Gasteiger charge is -2.13. The molecule has 1 aliphatic heterocycles. The highest BCUT2D eigenvalue weighted by molar-refractivity contribution is 6.05. The molecule has 1 aliphatic rings. The molecule has 32 heavy (non-hydrogen) atoms. The Labute approximate surface area is 180 Å². The lowest BCUT2D eigenvalue weighted by molar-refractivity contribution is -0.0469.